The minimum atomic E-state index is 0.243. The Hall–Kier alpha value is -1.52. The Morgan fingerprint density at radius 3 is 2.70 bits per heavy atom. The maximum absolute atomic E-state index is 5.53. The van der Waals surface area contributed by atoms with Gasteiger partial charge in [0.15, 0.2) is 0 Å². The summed E-state index contributed by atoms with van der Waals surface area (Å²) in [6.45, 7) is 3.06. The molecule has 3 nitrogen and oxygen atoms in total. The molecular formula is C16H22N2OS. The highest BCUT2D eigenvalue weighted by Crippen LogP contribution is 2.34. The molecule has 1 heterocycles. The molecule has 4 heteroatoms. The molecule has 0 saturated carbocycles. The highest BCUT2D eigenvalue weighted by atomic mass is 32.1. The van der Waals surface area contributed by atoms with Gasteiger partial charge in [-0.2, -0.15) is 0 Å². The van der Waals surface area contributed by atoms with E-state index in [4.69, 9.17) is 4.74 Å². The lowest BCUT2D eigenvalue weighted by molar-refractivity contribution is 0.404. The highest BCUT2D eigenvalue weighted by molar-refractivity contribution is 7.09. The van der Waals surface area contributed by atoms with Crippen molar-refractivity contribution < 1.29 is 4.74 Å². The molecule has 0 saturated heterocycles. The Bertz CT molecular complexity index is 539. The summed E-state index contributed by atoms with van der Waals surface area (Å²) in [5.41, 5.74) is 2.41. The van der Waals surface area contributed by atoms with Crippen LogP contribution in [0.25, 0.3) is 0 Å². The molecular weight excluding hydrogens is 268 g/mol. The van der Waals surface area contributed by atoms with Crippen molar-refractivity contribution >= 4 is 17.0 Å². The minimum absolute atomic E-state index is 0.243. The molecule has 2 rings (SSSR count). The van der Waals surface area contributed by atoms with Crippen LogP contribution in [0.1, 0.15) is 23.4 Å². The molecule has 1 aromatic carbocycles. The van der Waals surface area contributed by atoms with Crippen LogP contribution in [0.3, 0.4) is 0 Å². The van der Waals surface area contributed by atoms with Gasteiger partial charge in [-0.25, -0.2) is 0 Å². The maximum atomic E-state index is 5.53. The standard InChI is InChI=1S/C16H22N2OS/c1-12(17-2)16-14(8-5-9-15(16)19-4)18(3)11-13-7-6-10-20-13/h5-10,12,17H,11H2,1-4H3. The van der Waals surface area contributed by atoms with E-state index in [0.717, 1.165) is 12.3 Å². The monoisotopic (exact) mass is 290 g/mol. The number of benzene rings is 1. The second-order valence-electron chi connectivity index (χ2n) is 4.84. The largest absolute Gasteiger partial charge is 0.496 e. The van der Waals surface area contributed by atoms with Gasteiger partial charge in [0, 0.05) is 29.2 Å². The van der Waals surface area contributed by atoms with E-state index in [2.05, 4.69) is 47.8 Å². The SMILES string of the molecule is CNC(C)c1c(OC)cccc1N(C)Cc1cccs1. The van der Waals surface area contributed by atoms with E-state index < -0.39 is 0 Å². The second-order valence-corrected chi connectivity index (χ2v) is 5.87. The predicted molar refractivity (Wildman–Crippen MR) is 86.9 cm³/mol. The van der Waals surface area contributed by atoms with Crippen LogP contribution in [0, 0.1) is 0 Å². The molecule has 1 aromatic heterocycles. The molecule has 0 spiro atoms. The van der Waals surface area contributed by atoms with Crippen molar-refractivity contribution in [2.24, 2.45) is 0 Å². The molecule has 1 unspecified atom stereocenters. The van der Waals surface area contributed by atoms with Gasteiger partial charge in [-0.05, 0) is 37.6 Å². The number of hydrogen-bond acceptors (Lipinski definition) is 4. The van der Waals surface area contributed by atoms with Gasteiger partial charge in [0.1, 0.15) is 5.75 Å². The van der Waals surface area contributed by atoms with E-state index in [9.17, 15) is 0 Å². The Morgan fingerprint density at radius 2 is 2.10 bits per heavy atom. The van der Waals surface area contributed by atoms with Gasteiger partial charge in [0.05, 0.1) is 13.7 Å². The average Bonchev–Trinajstić information content (AvgIpc) is 2.98. The van der Waals surface area contributed by atoms with Gasteiger partial charge in [-0.3, -0.25) is 0 Å². The summed E-state index contributed by atoms with van der Waals surface area (Å²) in [7, 11) is 5.82. The van der Waals surface area contributed by atoms with E-state index in [-0.39, 0.29) is 6.04 Å². The molecule has 0 aliphatic heterocycles. The van der Waals surface area contributed by atoms with Crippen molar-refractivity contribution in [3.8, 4) is 5.75 Å². The smallest absolute Gasteiger partial charge is 0.125 e. The summed E-state index contributed by atoms with van der Waals surface area (Å²) < 4.78 is 5.53. The number of nitrogens with zero attached hydrogens (tertiary/aromatic N) is 1. The molecule has 2 aromatic rings. The summed E-state index contributed by atoms with van der Waals surface area (Å²) in [5.74, 6) is 0.933. The number of rotatable bonds is 6. The van der Waals surface area contributed by atoms with Crippen molar-refractivity contribution in [3.05, 3.63) is 46.2 Å². The first-order valence-corrected chi connectivity index (χ1v) is 7.63. The third-order valence-electron chi connectivity index (χ3n) is 3.51. The van der Waals surface area contributed by atoms with Crippen LogP contribution in [-0.4, -0.2) is 21.2 Å². The number of anilines is 1. The summed E-state index contributed by atoms with van der Waals surface area (Å²) in [6, 6.07) is 10.7. The molecule has 0 radical (unpaired) electrons. The van der Waals surface area contributed by atoms with Gasteiger partial charge >= 0.3 is 0 Å². The molecule has 108 valence electrons. The number of methoxy groups -OCH3 is 1. The zero-order valence-corrected chi connectivity index (χ0v) is 13.3. The van der Waals surface area contributed by atoms with E-state index in [1.807, 2.05) is 19.2 Å². The quantitative estimate of drug-likeness (QED) is 0.878. The van der Waals surface area contributed by atoms with Crippen LogP contribution in [0.4, 0.5) is 5.69 Å². The van der Waals surface area contributed by atoms with Crippen LogP contribution in [0.15, 0.2) is 35.7 Å². The van der Waals surface area contributed by atoms with Crippen LogP contribution in [0.2, 0.25) is 0 Å². The lowest BCUT2D eigenvalue weighted by Crippen LogP contribution is -2.21. The minimum Gasteiger partial charge on any atom is -0.496 e. The molecule has 0 aliphatic rings. The van der Waals surface area contributed by atoms with Gasteiger partial charge < -0.3 is 15.0 Å². The number of hydrogen-bond donors (Lipinski definition) is 1. The van der Waals surface area contributed by atoms with Crippen molar-refractivity contribution in [2.75, 3.05) is 26.1 Å². The Morgan fingerprint density at radius 1 is 1.30 bits per heavy atom. The molecule has 0 fully saturated rings. The van der Waals surface area contributed by atoms with E-state index >= 15 is 0 Å². The first-order valence-electron chi connectivity index (χ1n) is 6.75. The maximum Gasteiger partial charge on any atom is 0.125 e. The fourth-order valence-electron chi connectivity index (χ4n) is 2.34. The number of nitrogens with one attached hydrogen (secondary N) is 1. The summed E-state index contributed by atoms with van der Waals surface area (Å²) >= 11 is 1.79. The third kappa shape index (κ3) is 3.14. The fraction of sp³-hybridized carbons (Fsp3) is 0.375. The number of ether oxygens (including phenoxy) is 1. The molecule has 1 N–H and O–H groups in total. The molecule has 0 amide bonds. The Balaban J connectivity index is 2.34. The molecule has 0 bridgehead atoms. The zero-order chi connectivity index (χ0) is 14.5. The lowest BCUT2D eigenvalue weighted by atomic mass is 10.0. The van der Waals surface area contributed by atoms with Gasteiger partial charge in [-0.15, -0.1) is 11.3 Å². The van der Waals surface area contributed by atoms with Crippen molar-refractivity contribution in [3.63, 3.8) is 0 Å². The summed E-state index contributed by atoms with van der Waals surface area (Å²) in [5, 5.41) is 5.42. The van der Waals surface area contributed by atoms with Crippen molar-refractivity contribution in [1.29, 1.82) is 0 Å². The van der Waals surface area contributed by atoms with E-state index in [1.54, 1.807) is 18.4 Å². The van der Waals surface area contributed by atoms with Crippen LogP contribution in [-0.2, 0) is 6.54 Å². The number of thiophene rings is 1. The second kappa shape index (κ2) is 6.77. The van der Waals surface area contributed by atoms with Crippen LogP contribution < -0.4 is 15.0 Å². The third-order valence-corrected chi connectivity index (χ3v) is 4.37. The first-order chi connectivity index (χ1) is 9.67. The first kappa shape index (κ1) is 14.9. The molecule has 20 heavy (non-hydrogen) atoms. The summed E-state index contributed by atoms with van der Waals surface area (Å²) in [6.07, 6.45) is 0. The average molecular weight is 290 g/mol. The lowest BCUT2D eigenvalue weighted by Gasteiger charge is -2.26. The van der Waals surface area contributed by atoms with Gasteiger partial charge in [-0.1, -0.05) is 12.1 Å². The Kier molecular flexibility index (Phi) is 5.04. The van der Waals surface area contributed by atoms with Crippen molar-refractivity contribution in [2.45, 2.75) is 19.5 Å². The predicted octanol–water partition coefficient (Wildman–Crippen LogP) is 3.67. The highest BCUT2D eigenvalue weighted by Gasteiger charge is 2.17. The van der Waals surface area contributed by atoms with Crippen LogP contribution >= 0.6 is 11.3 Å². The van der Waals surface area contributed by atoms with Crippen molar-refractivity contribution in [1.82, 2.24) is 5.32 Å². The summed E-state index contributed by atoms with van der Waals surface area (Å²) in [4.78, 5) is 3.63. The Labute approximate surface area is 125 Å². The van der Waals surface area contributed by atoms with Gasteiger partial charge in [0.2, 0.25) is 0 Å². The topological polar surface area (TPSA) is 24.5 Å². The van der Waals surface area contributed by atoms with Gasteiger partial charge in [0.25, 0.3) is 0 Å². The van der Waals surface area contributed by atoms with E-state index in [1.165, 1.54) is 16.1 Å². The zero-order valence-electron chi connectivity index (χ0n) is 12.5. The fourth-order valence-corrected chi connectivity index (χ4v) is 3.10. The molecule has 0 aliphatic carbocycles. The normalized spacial score (nSPS) is 12.2. The van der Waals surface area contributed by atoms with Crippen LogP contribution in [0.5, 0.6) is 5.75 Å². The van der Waals surface area contributed by atoms with E-state index in [0.29, 0.717) is 0 Å². The molecule has 1 atom stereocenters.